The maximum atomic E-state index is 12.7. The molecule has 1 aliphatic rings. The highest BCUT2D eigenvalue weighted by atomic mass is 32.2. The van der Waals surface area contributed by atoms with Crippen molar-refractivity contribution >= 4 is 23.1 Å². The Morgan fingerprint density at radius 2 is 2.12 bits per heavy atom. The molecule has 0 spiro atoms. The van der Waals surface area contributed by atoms with Crippen molar-refractivity contribution in [3.63, 3.8) is 0 Å². The number of rotatable bonds is 8. The standard InChI is InChI=1S/C18H29N3O4S/c1-4-25-18(23)16(14-7-5-13(2)6-8-14)20-17(22)15-9-10-19-21(15)11-12-26(3)24/h9-10,13-14,16H,4-8,11-12H2,1-3H3,(H,20,22)/t13?,14?,16-,26?/m0/s1. The molecular weight excluding hydrogens is 354 g/mol. The lowest BCUT2D eigenvalue weighted by atomic mass is 9.79. The number of ether oxygens (including phenoxy) is 1. The molecule has 1 N–H and O–H groups in total. The second kappa shape index (κ2) is 9.97. The number of nitrogens with zero attached hydrogens (tertiary/aromatic N) is 2. The summed E-state index contributed by atoms with van der Waals surface area (Å²) < 4.78 is 18.0. The molecule has 0 bridgehead atoms. The van der Waals surface area contributed by atoms with E-state index in [0.29, 0.717) is 23.9 Å². The van der Waals surface area contributed by atoms with E-state index in [0.717, 1.165) is 25.7 Å². The van der Waals surface area contributed by atoms with Crippen LogP contribution in [0.5, 0.6) is 0 Å². The molecule has 7 nitrogen and oxygen atoms in total. The molecule has 1 aromatic rings. The SMILES string of the molecule is CCOC(=O)[C@@H](NC(=O)c1ccnn1CC[S+](C)[O-])C1CCC(C)CC1. The number of hydrogen-bond acceptors (Lipinski definition) is 5. The van der Waals surface area contributed by atoms with Crippen LogP contribution in [-0.2, 0) is 27.3 Å². The lowest BCUT2D eigenvalue weighted by Gasteiger charge is -2.31. The molecule has 0 radical (unpaired) electrons. The van der Waals surface area contributed by atoms with Gasteiger partial charge in [-0.3, -0.25) is 9.48 Å². The van der Waals surface area contributed by atoms with E-state index in [2.05, 4.69) is 17.3 Å². The molecule has 26 heavy (non-hydrogen) atoms. The quantitative estimate of drug-likeness (QED) is 0.545. The smallest absolute Gasteiger partial charge is 0.328 e. The van der Waals surface area contributed by atoms with Crippen LogP contribution in [0.3, 0.4) is 0 Å². The number of nitrogens with one attached hydrogen (secondary N) is 1. The molecule has 8 heteroatoms. The zero-order valence-electron chi connectivity index (χ0n) is 15.8. The summed E-state index contributed by atoms with van der Waals surface area (Å²) in [5.41, 5.74) is 0.369. The van der Waals surface area contributed by atoms with Gasteiger partial charge < -0.3 is 14.6 Å². The summed E-state index contributed by atoms with van der Waals surface area (Å²) >= 11 is -0.966. The van der Waals surface area contributed by atoms with Crippen LogP contribution in [0.25, 0.3) is 0 Å². The minimum atomic E-state index is -0.966. The molecule has 1 fully saturated rings. The first-order valence-corrected chi connectivity index (χ1v) is 10.9. The summed E-state index contributed by atoms with van der Waals surface area (Å²) in [5.74, 6) is 0.445. The zero-order valence-corrected chi connectivity index (χ0v) is 16.6. The fourth-order valence-electron chi connectivity index (χ4n) is 3.35. The Kier molecular flexibility index (Phi) is 7.96. The Hall–Kier alpha value is -1.54. The third-order valence-electron chi connectivity index (χ3n) is 4.90. The molecule has 0 saturated heterocycles. The highest BCUT2D eigenvalue weighted by Gasteiger charge is 2.34. The fraction of sp³-hybridized carbons (Fsp3) is 0.722. The average molecular weight is 384 g/mol. The summed E-state index contributed by atoms with van der Waals surface area (Å²) in [7, 11) is 0. The van der Waals surface area contributed by atoms with Crippen LogP contribution in [0.1, 0.15) is 50.0 Å². The lowest BCUT2D eigenvalue weighted by Crippen LogP contribution is -2.48. The van der Waals surface area contributed by atoms with E-state index in [9.17, 15) is 14.1 Å². The van der Waals surface area contributed by atoms with E-state index >= 15 is 0 Å². The first kappa shape index (κ1) is 20.8. The van der Waals surface area contributed by atoms with Gasteiger partial charge in [-0.05, 0) is 37.7 Å². The monoisotopic (exact) mass is 383 g/mol. The number of amides is 1. The molecule has 0 aliphatic heterocycles. The largest absolute Gasteiger partial charge is 0.617 e. The van der Waals surface area contributed by atoms with Crippen LogP contribution in [0.15, 0.2) is 12.3 Å². The van der Waals surface area contributed by atoms with Crippen molar-refractivity contribution in [1.29, 1.82) is 0 Å². The molecule has 1 unspecified atom stereocenters. The number of esters is 1. The van der Waals surface area contributed by atoms with Crippen molar-refractivity contribution < 1.29 is 18.9 Å². The lowest BCUT2D eigenvalue weighted by molar-refractivity contribution is -0.147. The molecule has 1 amide bonds. The molecule has 146 valence electrons. The predicted molar refractivity (Wildman–Crippen MR) is 100 cm³/mol. The third kappa shape index (κ3) is 5.74. The molecule has 2 atom stereocenters. The van der Waals surface area contributed by atoms with Gasteiger partial charge in [0.1, 0.15) is 17.5 Å². The maximum absolute atomic E-state index is 12.7. The number of aromatic nitrogens is 2. The minimum Gasteiger partial charge on any atom is -0.617 e. The van der Waals surface area contributed by atoms with Gasteiger partial charge in [0, 0.05) is 6.20 Å². The van der Waals surface area contributed by atoms with Crippen LogP contribution in [-0.4, -0.2) is 50.9 Å². The van der Waals surface area contributed by atoms with Crippen molar-refractivity contribution in [3.05, 3.63) is 18.0 Å². The second-order valence-corrected chi connectivity index (χ2v) is 8.49. The first-order valence-electron chi connectivity index (χ1n) is 9.21. The van der Waals surface area contributed by atoms with Gasteiger partial charge in [-0.2, -0.15) is 5.10 Å². The zero-order chi connectivity index (χ0) is 19.1. The van der Waals surface area contributed by atoms with Crippen molar-refractivity contribution in [2.45, 2.75) is 52.1 Å². The van der Waals surface area contributed by atoms with E-state index < -0.39 is 17.2 Å². The second-order valence-electron chi connectivity index (χ2n) is 6.94. The molecule has 1 heterocycles. The van der Waals surface area contributed by atoms with Crippen LogP contribution in [0, 0.1) is 11.8 Å². The Morgan fingerprint density at radius 3 is 2.73 bits per heavy atom. The van der Waals surface area contributed by atoms with Gasteiger partial charge in [0.2, 0.25) is 0 Å². The van der Waals surface area contributed by atoms with Gasteiger partial charge in [0.15, 0.2) is 0 Å². The molecule has 0 aromatic carbocycles. The fourth-order valence-corrected chi connectivity index (χ4v) is 3.78. The van der Waals surface area contributed by atoms with Gasteiger partial charge in [0.25, 0.3) is 5.91 Å². The Labute approximate surface area is 158 Å². The molecular formula is C18H29N3O4S. The van der Waals surface area contributed by atoms with Crippen LogP contribution >= 0.6 is 0 Å². The maximum Gasteiger partial charge on any atom is 0.328 e. The van der Waals surface area contributed by atoms with Gasteiger partial charge in [-0.1, -0.05) is 30.9 Å². The third-order valence-corrected chi connectivity index (χ3v) is 5.66. The summed E-state index contributed by atoms with van der Waals surface area (Å²) in [6.45, 7) is 4.66. The van der Waals surface area contributed by atoms with E-state index in [1.807, 2.05) is 0 Å². The van der Waals surface area contributed by atoms with Crippen molar-refractivity contribution in [1.82, 2.24) is 15.1 Å². The number of aryl methyl sites for hydroxylation is 1. The van der Waals surface area contributed by atoms with E-state index in [1.165, 1.54) is 10.9 Å². The Bertz CT molecular complexity index is 597. The summed E-state index contributed by atoms with van der Waals surface area (Å²) in [6.07, 6.45) is 7.06. The Balaban J connectivity index is 2.08. The summed E-state index contributed by atoms with van der Waals surface area (Å²) in [4.78, 5) is 25.2. The summed E-state index contributed by atoms with van der Waals surface area (Å²) in [6, 6.07) is 0.970. The van der Waals surface area contributed by atoms with E-state index in [4.69, 9.17) is 4.74 Å². The highest BCUT2D eigenvalue weighted by molar-refractivity contribution is 7.90. The topological polar surface area (TPSA) is 96.3 Å². The average Bonchev–Trinajstić information content (AvgIpc) is 3.07. The van der Waals surface area contributed by atoms with Crippen LogP contribution in [0.2, 0.25) is 0 Å². The van der Waals surface area contributed by atoms with Crippen LogP contribution < -0.4 is 5.32 Å². The highest BCUT2D eigenvalue weighted by Crippen LogP contribution is 2.31. The summed E-state index contributed by atoms with van der Waals surface area (Å²) in [5, 5.41) is 6.99. The van der Waals surface area contributed by atoms with Crippen molar-refractivity contribution in [2.75, 3.05) is 18.6 Å². The number of hydrogen-bond donors (Lipinski definition) is 1. The molecule has 1 aliphatic carbocycles. The predicted octanol–water partition coefficient (Wildman–Crippen LogP) is 1.75. The van der Waals surface area contributed by atoms with Gasteiger partial charge in [-0.25, -0.2) is 4.79 Å². The molecule has 1 saturated carbocycles. The van der Waals surface area contributed by atoms with Gasteiger partial charge in [0.05, 0.1) is 19.4 Å². The van der Waals surface area contributed by atoms with Gasteiger partial charge >= 0.3 is 5.97 Å². The van der Waals surface area contributed by atoms with Crippen LogP contribution in [0.4, 0.5) is 0 Å². The normalized spacial score (nSPS) is 22.5. The molecule has 1 aromatic heterocycles. The van der Waals surface area contributed by atoms with Gasteiger partial charge in [-0.15, -0.1) is 0 Å². The molecule has 2 rings (SSSR count). The number of carbonyl (C=O) groups excluding carboxylic acids is 2. The first-order chi connectivity index (χ1) is 12.4. The van der Waals surface area contributed by atoms with E-state index in [1.54, 1.807) is 19.2 Å². The van der Waals surface area contributed by atoms with E-state index in [-0.39, 0.29) is 24.4 Å². The van der Waals surface area contributed by atoms with Crippen molar-refractivity contribution in [3.8, 4) is 0 Å². The van der Waals surface area contributed by atoms with Crippen molar-refractivity contribution in [2.24, 2.45) is 11.8 Å². The minimum absolute atomic E-state index is 0.0914. The Morgan fingerprint density at radius 1 is 1.42 bits per heavy atom. The number of carbonyl (C=O) groups is 2.